The lowest BCUT2D eigenvalue weighted by Crippen LogP contribution is -2.23. The minimum atomic E-state index is 0.0795. The molecule has 0 amide bonds. The zero-order valence-corrected chi connectivity index (χ0v) is 11.1. The average Bonchev–Trinajstić information content (AvgIpc) is 2.18. The van der Waals surface area contributed by atoms with Crippen LogP contribution in [-0.4, -0.2) is 23.5 Å². The van der Waals surface area contributed by atoms with Gasteiger partial charge in [-0.15, -0.1) is 11.8 Å². The van der Waals surface area contributed by atoms with Gasteiger partial charge in [0.2, 0.25) is 0 Å². The number of aliphatic hydroxyl groups is 1. The van der Waals surface area contributed by atoms with Crippen LogP contribution in [0.5, 0.6) is 0 Å². The largest absolute Gasteiger partial charge is 0.396 e. The van der Waals surface area contributed by atoms with Crippen LogP contribution in [-0.2, 0) is 0 Å². The molecule has 1 aromatic carbocycles. The Hall–Kier alpha value is -0.0300. The number of nitrogens with two attached hydrogens (primary N) is 1. The van der Waals surface area contributed by atoms with Crippen molar-refractivity contribution in [3.05, 3.63) is 34.3 Å². The zero-order valence-electron chi connectivity index (χ0n) is 8.69. The first kappa shape index (κ1) is 13.0. The summed E-state index contributed by atoms with van der Waals surface area (Å²) in [6.07, 6.45) is 0. The van der Waals surface area contributed by atoms with Gasteiger partial charge in [0.15, 0.2) is 0 Å². The summed E-state index contributed by atoms with van der Waals surface area (Å²) in [6, 6.07) is 8.24. The molecule has 2 unspecified atom stereocenters. The van der Waals surface area contributed by atoms with Crippen LogP contribution in [0.2, 0.25) is 0 Å². The van der Waals surface area contributed by atoms with E-state index in [0.717, 1.165) is 10.2 Å². The fraction of sp³-hybridized carbons (Fsp3) is 0.455. The van der Waals surface area contributed by atoms with Crippen LogP contribution >= 0.6 is 27.7 Å². The fourth-order valence-electron chi connectivity index (χ4n) is 1.41. The van der Waals surface area contributed by atoms with Crippen molar-refractivity contribution >= 4 is 27.7 Å². The molecule has 0 saturated heterocycles. The molecule has 1 aromatic rings. The molecule has 3 N–H and O–H groups in total. The van der Waals surface area contributed by atoms with E-state index < -0.39 is 0 Å². The molecule has 2 nitrogen and oxygen atoms in total. The summed E-state index contributed by atoms with van der Waals surface area (Å²) in [6.45, 7) is 2.19. The molecule has 0 bridgehead atoms. The van der Waals surface area contributed by atoms with E-state index in [4.69, 9.17) is 10.8 Å². The maximum atomic E-state index is 8.83. The Labute approximate surface area is 103 Å². The van der Waals surface area contributed by atoms with Crippen LogP contribution in [0.4, 0.5) is 0 Å². The first-order valence-electron chi connectivity index (χ1n) is 4.88. The number of thioether (sulfide) groups is 1. The Morgan fingerprint density at radius 3 is 2.80 bits per heavy atom. The van der Waals surface area contributed by atoms with E-state index in [0.29, 0.717) is 0 Å². The minimum Gasteiger partial charge on any atom is -0.396 e. The highest BCUT2D eigenvalue weighted by atomic mass is 79.9. The monoisotopic (exact) mass is 289 g/mol. The topological polar surface area (TPSA) is 46.2 Å². The average molecular weight is 290 g/mol. The molecule has 0 fully saturated rings. The van der Waals surface area contributed by atoms with Crippen molar-refractivity contribution in [3.8, 4) is 0 Å². The number of benzene rings is 1. The van der Waals surface area contributed by atoms with Crippen LogP contribution in [0.25, 0.3) is 0 Å². The summed E-state index contributed by atoms with van der Waals surface area (Å²) in [4.78, 5) is 0. The van der Waals surface area contributed by atoms with E-state index in [9.17, 15) is 0 Å². The molecule has 0 aromatic heterocycles. The van der Waals surface area contributed by atoms with E-state index >= 15 is 0 Å². The van der Waals surface area contributed by atoms with Gasteiger partial charge in [-0.2, -0.15) is 0 Å². The Balaban J connectivity index is 2.79. The molecule has 0 aliphatic rings. The SMILES string of the molecule is CC(N)C(SCCO)c1cccc(Br)c1. The summed E-state index contributed by atoms with van der Waals surface area (Å²) in [5.41, 5.74) is 7.15. The lowest BCUT2D eigenvalue weighted by atomic mass is 10.1. The van der Waals surface area contributed by atoms with Crippen molar-refractivity contribution in [1.29, 1.82) is 0 Å². The van der Waals surface area contributed by atoms with Crippen molar-refractivity contribution in [2.45, 2.75) is 18.2 Å². The van der Waals surface area contributed by atoms with E-state index in [1.807, 2.05) is 19.1 Å². The molecule has 0 aliphatic carbocycles. The minimum absolute atomic E-state index is 0.0795. The quantitative estimate of drug-likeness (QED) is 0.876. The predicted octanol–water partition coefficient (Wildman–Crippen LogP) is 2.56. The molecule has 0 aliphatic heterocycles. The van der Waals surface area contributed by atoms with Crippen molar-refractivity contribution in [2.75, 3.05) is 12.4 Å². The number of halogens is 1. The van der Waals surface area contributed by atoms with Crippen molar-refractivity contribution in [3.63, 3.8) is 0 Å². The first-order chi connectivity index (χ1) is 7.15. The molecule has 0 saturated carbocycles. The Morgan fingerprint density at radius 1 is 1.53 bits per heavy atom. The number of rotatable bonds is 5. The second-order valence-corrected chi connectivity index (χ2v) is 5.59. The van der Waals surface area contributed by atoms with E-state index in [2.05, 4.69) is 28.1 Å². The van der Waals surface area contributed by atoms with Gasteiger partial charge in [0.05, 0.1) is 6.61 Å². The molecule has 0 spiro atoms. The number of hydrogen-bond acceptors (Lipinski definition) is 3. The van der Waals surface area contributed by atoms with Crippen molar-refractivity contribution in [2.24, 2.45) is 5.73 Å². The molecular weight excluding hydrogens is 274 g/mol. The third-order valence-corrected chi connectivity index (χ3v) is 4.02. The molecule has 1 rings (SSSR count). The van der Waals surface area contributed by atoms with Gasteiger partial charge in [-0.25, -0.2) is 0 Å². The lowest BCUT2D eigenvalue weighted by Gasteiger charge is -2.20. The van der Waals surface area contributed by atoms with Gasteiger partial charge < -0.3 is 10.8 Å². The zero-order chi connectivity index (χ0) is 11.3. The van der Waals surface area contributed by atoms with Gasteiger partial charge in [0, 0.05) is 21.5 Å². The smallest absolute Gasteiger partial charge is 0.0521 e. The third-order valence-electron chi connectivity index (χ3n) is 2.04. The van der Waals surface area contributed by atoms with E-state index in [1.54, 1.807) is 11.8 Å². The van der Waals surface area contributed by atoms with Crippen LogP contribution in [0.1, 0.15) is 17.7 Å². The summed E-state index contributed by atoms with van der Waals surface area (Å²) >= 11 is 5.14. The maximum Gasteiger partial charge on any atom is 0.0521 e. The fourth-order valence-corrected chi connectivity index (χ4v) is 2.83. The van der Waals surface area contributed by atoms with Crippen LogP contribution in [0.15, 0.2) is 28.7 Å². The lowest BCUT2D eigenvalue weighted by molar-refractivity contribution is 0.322. The van der Waals surface area contributed by atoms with Gasteiger partial charge >= 0.3 is 0 Å². The Kier molecular flexibility index (Phi) is 5.68. The second kappa shape index (κ2) is 6.53. The van der Waals surface area contributed by atoms with Gasteiger partial charge in [0.1, 0.15) is 0 Å². The normalized spacial score (nSPS) is 14.9. The number of hydrogen-bond donors (Lipinski definition) is 2. The third kappa shape index (κ3) is 4.15. The van der Waals surface area contributed by atoms with Crippen LogP contribution in [0, 0.1) is 0 Å². The van der Waals surface area contributed by atoms with Gasteiger partial charge in [-0.05, 0) is 24.6 Å². The highest BCUT2D eigenvalue weighted by Crippen LogP contribution is 2.32. The van der Waals surface area contributed by atoms with Crippen molar-refractivity contribution < 1.29 is 5.11 Å². The highest BCUT2D eigenvalue weighted by molar-refractivity contribution is 9.10. The van der Waals surface area contributed by atoms with Gasteiger partial charge in [0.25, 0.3) is 0 Å². The Morgan fingerprint density at radius 2 is 2.27 bits per heavy atom. The Bertz CT molecular complexity index is 306. The first-order valence-corrected chi connectivity index (χ1v) is 6.73. The molecule has 2 atom stereocenters. The maximum absolute atomic E-state index is 8.83. The molecule has 4 heteroatoms. The molecule has 84 valence electrons. The number of aliphatic hydroxyl groups excluding tert-OH is 1. The summed E-state index contributed by atoms with van der Waals surface area (Å²) in [5.74, 6) is 0.721. The summed E-state index contributed by atoms with van der Waals surface area (Å²) < 4.78 is 1.07. The molecule has 0 radical (unpaired) electrons. The molecule has 15 heavy (non-hydrogen) atoms. The standard InChI is InChI=1S/C11H16BrNOS/c1-8(13)11(15-6-5-14)9-3-2-4-10(12)7-9/h2-4,7-8,11,14H,5-6,13H2,1H3. The summed E-state index contributed by atoms with van der Waals surface area (Å²) in [5, 5.41) is 9.07. The molecule has 0 heterocycles. The second-order valence-electron chi connectivity index (χ2n) is 3.43. The van der Waals surface area contributed by atoms with E-state index in [-0.39, 0.29) is 17.9 Å². The predicted molar refractivity (Wildman–Crippen MR) is 70.1 cm³/mol. The van der Waals surface area contributed by atoms with Crippen molar-refractivity contribution in [1.82, 2.24) is 0 Å². The highest BCUT2D eigenvalue weighted by Gasteiger charge is 2.16. The summed E-state index contributed by atoms with van der Waals surface area (Å²) in [7, 11) is 0. The van der Waals surface area contributed by atoms with Gasteiger partial charge in [-0.3, -0.25) is 0 Å². The van der Waals surface area contributed by atoms with Crippen LogP contribution < -0.4 is 5.73 Å². The van der Waals surface area contributed by atoms with Gasteiger partial charge in [-0.1, -0.05) is 28.1 Å². The molecular formula is C11H16BrNOS. The van der Waals surface area contributed by atoms with E-state index in [1.165, 1.54) is 5.56 Å². The van der Waals surface area contributed by atoms with Crippen LogP contribution in [0.3, 0.4) is 0 Å².